The molecule has 0 N–H and O–H groups in total. The van der Waals surface area contributed by atoms with E-state index >= 15 is 0 Å². The first-order valence-electron chi connectivity index (χ1n) is 9.47. The van der Waals surface area contributed by atoms with Crippen LogP contribution in [0.15, 0.2) is 40.9 Å². The van der Waals surface area contributed by atoms with Crippen molar-refractivity contribution in [3.05, 3.63) is 57.6 Å². The highest BCUT2D eigenvalue weighted by Crippen LogP contribution is 2.48. The molecule has 0 bridgehead atoms. The SMILES string of the molecule is COc1ccccc1C1CCc2cc(Br)cc(C(F)(F)F)c2N1C(=O)OC(C)(C)C. The van der Waals surface area contributed by atoms with Crippen molar-refractivity contribution >= 4 is 27.7 Å². The number of hydrogen-bond donors (Lipinski definition) is 0. The largest absolute Gasteiger partial charge is 0.496 e. The van der Waals surface area contributed by atoms with Gasteiger partial charge in [-0.15, -0.1) is 0 Å². The number of ether oxygens (including phenoxy) is 2. The Hall–Kier alpha value is -2.22. The third kappa shape index (κ3) is 4.58. The molecule has 0 saturated heterocycles. The average molecular weight is 486 g/mol. The molecule has 0 saturated carbocycles. The standard InChI is InChI=1S/C22H23BrF3NO3/c1-21(2,3)30-20(28)27-17(15-7-5-6-8-18(15)29-4)10-9-13-11-14(23)12-16(19(13)27)22(24,25)26/h5-8,11-12,17H,9-10H2,1-4H3. The van der Waals surface area contributed by atoms with Gasteiger partial charge < -0.3 is 9.47 Å². The van der Waals surface area contributed by atoms with E-state index in [1.807, 2.05) is 0 Å². The first-order valence-corrected chi connectivity index (χ1v) is 10.3. The molecule has 1 heterocycles. The summed E-state index contributed by atoms with van der Waals surface area (Å²) in [6.45, 7) is 5.04. The summed E-state index contributed by atoms with van der Waals surface area (Å²) in [5.41, 5.74) is -0.839. The van der Waals surface area contributed by atoms with E-state index in [1.54, 1.807) is 51.1 Å². The first kappa shape index (κ1) is 22.5. The van der Waals surface area contributed by atoms with Crippen LogP contribution in [-0.2, 0) is 17.3 Å². The summed E-state index contributed by atoms with van der Waals surface area (Å²) in [5, 5.41) is 0. The van der Waals surface area contributed by atoms with E-state index < -0.39 is 29.5 Å². The number of carbonyl (C=O) groups excluding carboxylic acids is 1. The minimum atomic E-state index is -4.64. The number of rotatable bonds is 2. The molecule has 0 aromatic heterocycles. The summed E-state index contributed by atoms with van der Waals surface area (Å²) in [5.74, 6) is 0.505. The Morgan fingerprint density at radius 2 is 1.83 bits per heavy atom. The van der Waals surface area contributed by atoms with E-state index in [0.717, 1.165) is 11.0 Å². The fraction of sp³-hybridized carbons (Fsp3) is 0.409. The van der Waals surface area contributed by atoms with Crippen molar-refractivity contribution in [1.82, 2.24) is 0 Å². The molecule has 30 heavy (non-hydrogen) atoms. The van der Waals surface area contributed by atoms with Crippen LogP contribution in [0.2, 0.25) is 0 Å². The van der Waals surface area contributed by atoms with Crippen LogP contribution in [0.3, 0.4) is 0 Å². The molecule has 2 aromatic rings. The number of halogens is 4. The average Bonchev–Trinajstić information content (AvgIpc) is 2.64. The van der Waals surface area contributed by atoms with Crippen LogP contribution in [0.5, 0.6) is 5.75 Å². The number of aryl methyl sites for hydroxylation is 1. The summed E-state index contributed by atoms with van der Waals surface area (Å²) in [6, 6.07) is 9.00. The Bertz CT molecular complexity index is 954. The lowest BCUT2D eigenvalue weighted by atomic mass is 9.89. The van der Waals surface area contributed by atoms with Gasteiger partial charge in [0.2, 0.25) is 0 Å². The van der Waals surface area contributed by atoms with Gasteiger partial charge >= 0.3 is 12.3 Å². The summed E-state index contributed by atoms with van der Waals surface area (Å²) < 4.78 is 53.2. The van der Waals surface area contributed by atoms with Gasteiger partial charge in [0.05, 0.1) is 24.4 Å². The Balaban J connectivity index is 2.24. The first-order chi connectivity index (χ1) is 13.9. The number of hydrogen-bond acceptors (Lipinski definition) is 3. The molecule has 1 atom stereocenters. The molecule has 3 rings (SSSR count). The van der Waals surface area contributed by atoms with Crippen LogP contribution < -0.4 is 9.64 Å². The van der Waals surface area contributed by atoms with Gasteiger partial charge in [-0.2, -0.15) is 13.2 Å². The fourth-order valence-corrected chi connectivity index (χ4v) is 4.20. The number of amides is 1. The summed E-state index contributed by atoms with van der Waals surface area (Å²) in [6.07, 6.45) is -4.66. The maximum absolute atomic E-state index is 14.0. The van der Waals surface area contributed by atoms with Gasteiger partial charge in [0.15, 0.2) is 0 Å². The molecule has 8 heteroatoms. The van der Waals surface area contributed by atoms with Gasteiger partial charge in [0, 0.05) is 10.0 Å². The van der Waals surface area contributed by atoms with Crippen molar-refractivity contribution in [3.63, 3.8) is 0 Å². The van der Waals surface area contributed by atoms with Crippen molar-refractivity contribution in [1.29, 1.82) is 0 Å². The zero-order valence-electron chi connectivity index (χ0n) is 17.1. The third-order valence-electron chi connectivity index (χ3n) is 4.79. The quantitative estimate of drug-likeness (QED) is 0.463. The Labute approximate surface area is 182 Å². The molecule has 2 aromatic carbocycles. The molecule has 4 nitrogen and oxygen atoms in total. The molecule has 0 aliphatic carbocycles. The van der Waals surface area contributed by atoms with Crippen molar-refractivity contribution in [2.45, 2.75) is 51.4 Å². The molecule has 0 spiro atoms. The van der Waals surface area contributed by atoms with Gasteiger partial charge in [-0.05, 0) is 57.4 Å². The molecule has 1 aliphatic rings. The van der Waals surface area contributed by atoms with Crippen molar-refractivity contribution in [3.8, 4) is 5.75 Å². The Kier molecular flexibility index (Phi) is 6.09. The smallest absolute Gasteiger partial charge is 0.418 e. The van der Waals surface area contributed by atoms with Crippen LogP contribution in [0.4, 0.5) is 23.7 Å². The van der Waals surface area contributed by atoms with Gasteiger partial charge in [0.25, 0.3) is 0 Å². The van der Waals surface area contributed by atoms with Crippen LogP contribution in [-0.4, -0.2) is 18.8 Å². The van der Waals surface area contributed by atoms with Crippen LogP contribution in [0, 0.1) is 0 Å². The predicted octanol–water partition coefficient (Wildman–Crippen LogP) is 6.91. The maximum atomic E-state index is 14.0. The van der Waals surface area contributed by atoms with Gasteiger partial charge in [0.1, 0.15) is 11.4 Å². The fourth-order valence-electron chi connectivity index (χ4n) is 3.69. The highest BCUT2D eigenvalue weighted by molar-refractivity contribution is 9.10. The van der Waals surface area contributed by atoms with Crippen molar-refractivity contribution in [2.75, 3.05) is 12.0 Å². The number of alkyl halides is 3. The Morgan fingerprint density at radius 3 is 2.43 bits per heavy atom. The predicted molar refractivity (Wildman–Crippen MR) is 112 cm³/mol. The second-order valence-corrected chi connectivity index (χ2v) is 9.02. The summed E-state index contributed by atoms with van der Waals surface area (Å²) in [4.78, 5) is 14.3. The van der Waals surface area contributed by atoms with Crippen LogP contribution in [0.25, 0.3) is 0 Å². The molecule has 0 radical (unpaired) electrons. The third-order valence-corrected chi connectivity index (χ3v) is 5.24. The molecule has 1 amide bonds. The molecule has 1 unspecified atom stereocenters. The lowest BCUT2D eigenvalue weighted by Crippen LogP contribution is -2.43. The molecular formula is C22H23BrF3NO3. The zero-order chi connectivity index (χ0) is 22.3. The van der Waals surface area contributed by atoms with Crippen molar-refractivity contribution < 1.29 is 27.4 Å². The van der Waals surface area contributed by atoms with E-state index in [4.69, 9.17) is 9.47 Å². The summed E-state index contributed by atoms with van der Waals surface area (Å²) >= 11 is 3.17. The lowest BCUT2D eigenvalue weighted by Gasteiger charge is -2.40. The normalized spacial score (nSPS) is 16.8. The maximum Gasteiger partial charge on any atom is 0.418 e. The van der Waals surface area contributed by atoms with Crippen LogP contribution >= 0.6 is 15.9 Å². The molecular weight excluding hydrogens is 463 g/mol. The van der Waals surface area contributed by atoms with Gasteiger partial charge in [-0.3, -0.25) is 4.90 Å². The van der Waals surface area contributed by atoms with E-state index in [1.165, 1.54) is 7.11 Å². The molecule has 1 aliphatic heterocycles. The highest BCUT2D eigenvalue weighted by Gasteiger charge is 2.43. The number of methoxy groups -OCH3 is 1. The zero-order valence-corrected chi connectivity index (χ0v) is 18.7. The van der Waals surface area contributed by atoms with Crippen LogP contribution in [0.1, 0.15) is 49.9 Å². The number of carbonyl (C=O) groups is 1. The Morgan fingerprint density at radius 1 is 1.17 bits per heavy atom. The summed E-state index contributed by atoms with van der Waals surface area (Å²) in [7, 11) is 1.49. The number of anilines is 1. The lowest BCUT2D eigenvalue weighted by molar-refractivity contribution is -0.137. The highest BCUT2D eigenvalue weighted by atomic mass is 79.9. The number of fused-ring (bicyclic) bond motifs is 1. The van der Waals surface area contributed by atoms with Crippen molar-refractivity contribution in [2.24, 2.45) is 0 Å². The van der Waals surface area contributed by atoms with E-state index in [2.05, 4.69) is 15.9 Å². The van der Waals surface area contributed by atoms with Gasteiger partial charge in [-0.1, -0.05) is 34.1 Å². The second kappa shape index (κ2) is 8.13. The molecule has 162 valence electrons. The van der Waals surface area contributed by atoms with Gasteiger partial charge in [-0.25, -0.2) is 4.79 Å². The van der Waals surface area contributed by atoms with E-state index in [0.29, 0.717) is 34.2 Å². The number of benzene rings is 2. The minimum Gasteiger partial charge on any atom is -0.496 e. The topological polar surface area (TPSA) is 38.8 Å². The molecule has 0 fully saturated rings. The number of para-hydroxylation sites is 1. The second-order valence-electron chi connectivity index (χ2n) is 8.11. The minimum absolute atomic E-state index is 0.165. The van der Waals surface area contributed by atoms with E-state index in [-0.39, 0.29) is 5.69 Å². The van der Waals surface area contributed by atoms with E-state index in [9.17, 15) is 18.0 Å². The number of nitrogens with zero attached hydrogens (tertiary/aromatic N) is 1. The monoisotopic (exact) mass is 485 g/mol.